The summed E-state index contributed by atoms with van der Waals surface area (Å²) in [5.74, 6) is -1.12. The number of hydrogen-bond donors (Lipinski definition) is 2. The lowest BCUT2D eigenvalue weighted by Gasteiger charge is -2.33. The SMILES string of the molecule is CN(C)c1ccc(NC(=O)C(=O)N2CCN(CCO)CC2)cc1. The van der Waals surface area contributed by atoms with Crippen LogP contribution < -0.4 is 10.2 Å². The molecule has 1 aromatic rings. The smallest absolute Gasteiger partial charge is 0.313 e. The van der Waals surface area contributed by atoms with Crippen molar-refractivity contribution in [3.05, 3.63) is 24.3 Å². The van der Waals surface area contributed by atoms with Crippen molar-refractivity contribution in [3.8, 4) is 0 Å². The Morgan fingerprint density at radius 3 is 2.26 bits per heavy atom. The molecule has 1 heterocycles. The second-order valence-electron chi connectivity index (χ2n) is 5.75. The molecule has 0 spiro atoms. The van der Waals surface area contributed by atoms with E-state index < -0.39 is 11.8 Å². The van der Waals surface area contributed by atoms with Crippen LogP contribution in [0.2, 0.25) is 0 Å². The molecule has 2 N–H and O–H groups in total. The van der Waals surface area contributed by atoms with Crippen molar-refractivity contribution in [2.45, 2.75) is 0 Å². The van der Waals surface area contributed by atoms with Crippen LogP contribution in [0.1, 0.15) is 0 Å². The molecule has 1 aliphatic rings. The third kappa shape index (κ3) is 4.67. The molecule has 2 rings (SSSR count). The predicted molar refractivity (Wildman–Crippen MR) is 89.5 cm³/mol. The Balaban J connectivity index is 1.87. The van der Waals surface area contributed by atoms with Crippen molar-refractivity contribution >= 4 is 23.2 Å². The van der Waals surface area contributed by atoms with E-state index >= 15 is 0 Å². The van der Waals surface area contributed by atoms with Gasteiger partial charge in [-0.15, -0.1) is 0 Å². The van der Waals surface area contributed by atoms with Gasteiger partial charge in [0.1, 0.15) is 0 Å². The Labute approximate surface area is 136 Å². The first-order valence-corrected chi connectivity index (χ1v) is 7.72. The number of carbonyl (C=O) groups is 2. The second kappa shape index (κ2) is 7.94. The summed E-state index contributed by atoms with van der Waals surface area (Å²) >= 11 is 0. The van der Waals surface area contributed by atoms with Crippen LogP contribution in [-0.4, -0.2) is 80.1 Å². The van der Waals surface area contributed by atoms with E-state index in [1.165, 1.54) is 0 Å². The highest BCUT2D eigenvalue weighted by Gasteiger charge is 2.25. The fraction of sp³-hybridized carbons (Fsp3) is 0.500. The minimum atomic E-state index is -0.613. The number of nitrogens with one attached hydrogen (secondary N) is 1. The van der Waals surface area contributed by atoms with Gasteiger partial charge in [-0.3, -0.25) is 14.5 Å². The zero-order chi connectivity index (χ0) is 16.8. The summed E-state index contributed by atoms with van der Waals surface area (Å²) in [6.07, 6.45) is 0. The van der Waals surface area contributed by atoms with E-state index in [4.69, 9.17) is 5.11 Å². The standard InChI is InChI=1S/C16H24N4O3/c1-18(2)14-5-3-13(4-6-14)17-15(22)16(23)20-9-7-19(8-10-20)11-12-21/h3-6,21H,7-12H2,1-2H3,(H,17,22). The Morgan fingerprint density at radius 1 is 1.13 bits per heavy atom. The molecule has 0 unspecified atom stereocenters. The summed E-state index contributed by atoms with van der Waals surface area (Å²) in [5, 5.41) is 11.5. The molecular weight excluding hydrogens is 296 g/mol. The Bertz CT molecular complexity index is 537. The first-order chi connectivity index (χ1) is 11.0. The lowest BCUT2D eigenvalue weighted by atomic mass is 10.2. The molecule has 0 atom stereocenters. The molecule has 7 nitrogen and oxygen atoms in total. The van der Waals surface area contributed by atoms with Gasteiger partial charge in [0.05, 0.1) is 6.61 Å². The van der Waals surface area contributed by atoms with Crippen LogP contribution >= 0.6 is 0 Å². The first kappa shape index (κ1) is 17.2. The lowest BCUT2D eigenvalue weighted by Crippen LogP contribution is -2.52. The average molecular weight is 320 g/mol. The monoisotopic (exact) mass is 320 g/mol. The highest BCUT2D eigenvalue weighted by Crippen LogP contribution is 2.15. The zero-order valence-corrected chi connectivity index (χ0v) is 13.7. The van der Waals surface area contributed by atoms with Crippen LogP contribution in [0.15, 0.2) is 24.3 Å². The normalized spacial score (nSPS) is 15.3. The Morgan fingerprint density at radius 2 is 1.74 bits per heavy atom. The summed E-state index contributed by atoms with van der Waals surface area (Å²) in [6.45, 7) is 3.08. The van der Waals surface area contributed by atoms with Crippen molar-refractivity contribution in [2.75, 3.05) is 63.6 Å². The molecule has 23 heavy (non-hydrogen) atoms. The summed E-state index contributed by atoms with van der Waals surface area (Å²) in [6, 6.07) is 7.32. The van der Waals surface area contributed by atoms with E-state index in [9.17, 15) is 9.59 Å². The average Bonchev–Trinajstić information content (AvgIpc) is 2.55. The molecule has 7 heteroatoms. The molecule has 0 aromatic heterocycles. The topological polar surface area (TPSA) is 76.1 Å². The van der Waals surface area contributed by atoms with Gasteiger partial charge >= 0.3 is 11.8 Å². The number of β-amino-alcohol motifs (C(OH)–C–C–N with tert-alkyl or cyclic N) is 1. The maximum absolute atomic E-state index is 12.2. The Kier molecular flexibility index (Phi) is 5.95. The van der Waals surface area contributed by atoms with Crippen molar-refractivity contribution in [1.82, 2.24) is 9.80 Å². The Hall–Kier alpha value is -2.12. The number of benzene rings is 1. The highest BCUT2D eigenvalue weighted by atomic mass is 16.3. The molecule has 0 radical (unpaired) electrons. The van der Waals surface area contributed by atoms with Crippen LogP contribution in [0.3, 0.4) is 0 Å². The van der Waals surface area contributed by atoms with Gasteiger partial charge < -0.3 is 20.2 Å². The summed E-state index contributed by atoms with van der Waals surface area (Å²) < 4.78 is 0. The maximum atomic E-state index is 12.2. The van der Waals surface area contributed by atoms with Crippen LogP contribution in [0, 0.1) is 0 Å². The molecule has 1 aromatic carbocycles. The minimum Gasteiger partial charge on any atom is -0.395 e. The van der Waals surface area contributed by atoms with Crippen molar-refractivity contribution < 1.29 is 14.7 Å². The third-order valence-corrected chi connectivity index (χ3v) is 3.91. The van der Waals surface area contributed by atoms with Gasteiger partial charge in [-0.1, -0.05) is 0 Å². The minimum absolute atomic E-state index is 0.109. The summed E-state index contributed by atoms with van der Waals surface area (Å²) in [7, 11) is 3.88. The van der Waals surface area contributed by atoms with Gasteiger partial charge in [-0.25, -0.2) is 0 Å². The molecular formula is C16H24N4O3. The van der Waals surface area contributed by atoms with Gasteiger partial charge in [0, 0.05) is 58.2 Å². The third-order valence-electron chi connectivity index (χ3n) is 3.91. The van der Waals surface area contributed by atoms with E-state index in [1.807, 2.05) is 31.1 Å². The van der Waals surface area contributed by atoms with Crippen LogP contribution in [0.4, 0.5) is 11.4 Å². The van der Waals surface area contributed by atoms with Gasteiger partial charge in [0.25, 0.3) is 0 Å². The molecule has 0 aliphatic carbocycles. The van der Waals surface area contributed by atoms with Crippen LogP contribution in [-0.2, 0) is 9.59 Å². The molecule has 0 bridgehead atoms. The molecule has 126 valence electrons. The van der Waals surface area contributed by atoms with Gasteiger partial charge in [0.2, 0.25) is 0 Å². The number of rotatable bonds is 4. The predicted octanol–water partition coefficient (Wildman–Crippen LogP) is -0.172. The van der Waals surface area contributed by atoms with E-state index in [-0.39, 0.29) is 6.61 Å². The number of amides is 2. The van der Waals surface area contributed by atoms with Crippen molar-refractivity contribution in [2.24, 2.45) is 0 Å². The summed E-state index contributed by atoms with van der Waals surface area (Å²) in [5.41, 5.74) is 1.63. The van der Waals surface area contributed by atoms with E-state index in [1.54, 1.807) is 17.0 Å². The molecule has 1 aliphatic heterocycles. The van der Waals surface area contributed by atoms with Gasteiger partial charge in [-0.2, -0.15) is 0 Å². The van der Waals surface area contributed by atoms with E-state index in [2.05, 4.69) is 10.2 Å². The second-order valence-corrected chi connectivity index (χ2v) is 5.75. The van der Waals surface area contributed by atoms with Gasteiger partial charge in [-0.05, 0) is 24.3 Å². The van der Waals surface area contributed by atoms with Crippen LogP contribution in [0.5, 0.6) is 0 Å². The van der Waals surface area contributed by atoms with Gasteiger partial charge in [0.15, 0.2) is 0 Å². The molecule has 0 saturated carbocycles. The summed E-state index contributed by atoms with van der Waals surface area (Å²) in [4.78, 5) is 29.8. The van der Waals surface area contributed by atoms with Crippen molar-refractivity contribution in [3.63, 3.8) is 0 Å². The van der Waals surface area contributed by atoms with E-state index in [0.29, 0.717) is 38.4 Å². The number of carbonyl (C=O) groups excluding carboxylic acids is 2. The highest BCUT2D eigenvalue weighted by molar-refractivity contribution is 6.39. The van der Waals surface area contributed by atoms with Crippen molar-refractivity contribution in [1.29, 1.82) is 0 Å². The number of anilines is 2. The number of nitrogens with zero attached hydrogens (tertiary/aromatic N) is 3. The number of aliphatic hydroxyl groups is 1. The molecule has 1 saturated heterocycles. The van der Waals surface area contributed by atoms with Crippen LogP contribution in [0.25, 0.3) is 0 Å². The quantitative estimate of drug-likeness (QED) is 0.753. The lowest BCUT2D eigenvalue weighted by molar-refractivity contribution is -0.144. The zero-order valence-electron chi connectivity index (χ0n) is 13.7. The van der Waals surface area contributed by atoms with E-state index in [0.717, 1.165) is 5.69 Å². The molecule has 1 fully saturated rings. The molecule has 2 amide bonds. The maximum Gasteiger partial charge on any atom is 0.313 e. The number of hydrogen-bond acceptors (Lipinski definition) is 5. The first-order valence-electron chi connectivity index (χ1n) is 7.72. The fourth-order valence-corrected chi connectivity index (χ4v) is 2.49. The fourth-order valence-electron chi connectivity index (χ4n) is 2.49. The largest absolute Gasteiger partial charge is 0.395 e. The number of aliphatic hydroxyl groups excluding tert-OH is 1. The number of piperazine rings is 1.